The Morgan fingerprint density at radius 1 is 1.20 bits per heavy atom. The fourth-order valence-electron chi connectivity index (χ4n) is 3.69. The minimum absolute atomic E-state index is 0.0171. The van der Waals surface area contributed by atoms with Crippen molar-refractivity contribution < 1.29 is 9.59 Å². The van der Waals surface area contributed by atoms with Crippen LogP contribution in [0.25, 0.3) is 0 Å². The van der Waals surface area contributed by atoms with E-state index in [1.165, 1.54) is 5.56 Å². The predicted molar refractivity (Wildman–Crippen MR) is 120 cm³/mol. The monoisotopic (exact) mass is 410 g/mol. The molecule has 1 fully saturated rings. The molecule has 1 aliphatic heterocycles. The second kappa shape index (κ2) is 7.89. The van der Waals surface area contributed by atoms with Gasteiger partial charge in [-0.3, -0.25) is 14.3 Å². The van der Waals surface area contributed by atoms with E-state index in [1.54, 1.807) is 9.58 Å². The van der Waals surface area contributed by atoms with E-state index in [0.29, 0.717) is 31.1 Å². The largest absolute Gasteiger partial charge is 0.328 e. The van der Waals surface area contributed by atoms with Gasteiger partial charge in [-0.05, 0) is 30.4 Å². The van der Waals surface area contributed by atoms with Gasteiger partial charge in [0.05, 0.1) is 12.1 Å². The molecule has 1 N–H and O–H groups in total. The van der Waals surface area contributed by atoms with Crippen molar-refractivity contribution in [1.82, 2.24) is 14.7 Å². The number of amides is 2. The molecule has 1 saturated heterocycles. The molecule has 1 unspecified atom stereocenters. The first-order chi connectivity index (χ1) is 13.9. The fourth-order valence-corrected chi connectivity index (χ4v) is 3.69. The van der Waals surface area contributed by atoms with Crippen LogP contribution in [0.3, 0.4) is 0 Å². The number of hydrogen-bond acceptors (Lipinski definition) is 3. The Morgan fingerprint density at radius 2 is 1.83 bits per heavy atom. The summed E-state index contributed by atoms with van der Waals surface area (Å²) in [6.07, 6.45) is 0.960. The summed E-state index contributed by atoms with van der Waals surface area (Å²) in [5.74, 6) is 0.926. The standard InChI is InChI=1S/C24H34N4O2/c1-16(2)18-10-8-17(9-11-18)14-21(29)28-13-12-24(28,6)22(30)25-20-15-19(23(3,4)5)26-27(20)7/h8-11,15-16H,12-14H2,1-7H3,(H,25,30). The summed E-state index contributed by atoms with van der Waals surface area (Å²) in [6.45, 7) is 13.0. The van der Waals surface area contributed by atoms with E-state index in [1.807, 2.05) is 32.2 Å². The normalized spacial score (nSPS) is 19.0. The second-order valence-corrected chi connectivity index (χ2v) is 9.88. The minimum atomic E-state index is -0.832. The summed E-state index contributed by atoms with van der Waals surface area (Å²) in [7, 11) is 1.82. The van der Waals surface area contributed by atoms with E-state index in [9.17, 15) is 9.59 Å². The molecule has 1 aromatic carbocycles. The highest BCUT2D eigenvalue weighted by Crippen LogP contribution is 2.33. The molecular formula is C24H34N4O2. The van der Waals surface area contributed by atoms with Crippen LogP contribution >= 0.6 is 0 Å². The lowest BCUT2D eigenvalue weighted by Crippen LogP contribution is -2.66. The lowest BCUT2D eigenvalue weighted by atomic mass is 9.84. The smallest absolute Gasteiger partial charge is 0.251 e. The van der Waals surface area contributed by atoms with Gasteiger partial charge in [-0.25, -0.2) is 0 Å². The molecule has 0 saturated carbocycles. The number of carbonyl (C=O) groups is 2. The topological polar surface area (TPSA) is 67.2 Å². The number of benzene rings is 1. The first kappa shape index (κ1) is 22.1. The van der Waals surface area contributed by atoms with Gasteiger partial charge in [0.2, 0.25) is 5.91 Å². The van der Waals surface area contributed by atoms with E-state index in [-0.39, 0.29) is 17.2 Å². The summed E-state index contributed by atoms with van der Waals surface area (Å²) in [6, 6.07) is 10.1. The lowest BCUT2D eigenvalue weighted by Gasteiger charge is -2.49. The third kappa shape index (κ3) is 4.27. The molecule has 0 bridgehead atoms. The fraction of sp³-hybridized carbons (Fsp3) is 0.542. The zero-order chi connectivity index (χ0) is 22.3. The van der Waals surface area contributed by atoms with Gasteiger partial charge in [0.1, 0.15) is 11.4 Å². The summed E-state index contributed by atoms with van der Waals surface area (Å²) >= 11 is 0. The first-order valence-corrected chi connectivity index (χ1v) is 10.7. The SMILES string of the molecule is CC(C)c1ccc(CC(=O)N2CCC2(C)C(=O)Nc2cc(C(C)(C)C)nn2C)cc1. The number of anilines is 1. The Morgan fingerprint density at radius 3 is 2.30 bits per heavy atom. The van der Waals surface area contributed by atoms with Crippen LogP contribution in [-0.4, -0.2) is 38.6 Å². The molecule has 0 radical (unpaired) electrons. The van der Waals surface area contributed by atoms with Crippen molar-refractivity contribution in [2.45, 2.75) is 71.3 Å². The molecule has 6 heteroatoms. The molecule has 1 aliphatic rings. The van der Waals surface area contributed by atoms with Crippen molar-refractivity contribution in [3.8, 4) is 0 Å². The van der Waals surface area contributed by atoms with Gasteiger partial charge in [-0.1, -0.05) is 58.9 Å². The number of aromatic nitrogens is 2. The summed E-state index contributed by atoms with van der Waals surface area (Å²) < 4.78 is 1.68. The molecule has 3 rings (SSSR count). The van der Waals surface area contributed by atoms with E-state index < -0.39 is 5.54 Å². The molecule has 6 nitrogen and oxygen atoms in total. The average molecular weight is 411 g/mol. The molecule has 30 heavy (non-hydrogen) atoms. The number of carbonyl (C=O) groups excluding carboxylic acids is 2. The molecule has 2 heterocycles. The number of hydrogen-bond donors (Lipinski definition) is 1. The van der Waals surface area contributed by atoms with Crippen LogP contribution in [0.1, 0.15) is 70.7 Å². The van der Waals surface area contributed by atoms with E-state index in [2.05, 4.69) is 57.2 Å². The van der Waals surface area contributed by atoms with Gasteiger partial charge in [-0.15, -0.1) is 0 Å². The highest BCUT2D eigenvalue weighted by molar-refractivity contribution is 6.01. The average Bonchev–Trinajstić information content (AvgIpc) is 3.01. The highest BCUT2D eigenvalue weighted by atomic mass is 16.2. The molecule has 162 valence electrons. The minimum Gasteiger partial charge on any atom is -0.328 e. The van der Waals surface area contributed by atoms with Crippen molar-refractivity contribution in [3.63, 3.8) is 0 Å². The summed E-state index contributed by atoms with van der Waals surface area (Å²) in [5, 5.41) is 7.49. The van der Waals surface area contributed by atoms with E-state index >= 15 is 0 Å². The zero-order valence-corrected chi connectivity index (χ0v) is 19.2. The number of rotatable bonds is 5. The Bertz CT molecular complexity index is 937. The Labute approximate surface area is 179 Å². The van der Waals surface area contributed by atoms with Crippen molar-refractivity contribution in [2.75, 3.05) is 11.9 Å². The molecule has 1 aromatic heterocycles. The lowest BCUT2D eigenvalue weighted by molar-refractivity contribution is -0.154. The maximum absolute atomic E-state index is 13.1. The van der Waals surface area contributed by atoms with Gasteiger partial charge >= 0.3 is 0 Å². The molecule has 1 atom stereocenters. The Balaban J connectivity index is 1.68. The molecule has 2 aromatic rings. The number of nitrogens with one attached hydrogen (secondary N) is 1. The quantitative estimate of drug-likeness (QED) is 0.810. The van der Waals surface area contributed by atoms with Gasteiger partial charge in [0, 0.05) is 25.1 Å². The zero-order valence-electron chi connectivity index (χ0n) is 19.2. The number of aryl methyl sites for hydroxylation is 1. The Kier molecular flexibility index (Phi) is 5.81. The summed E-state index contributed by atoms with van der Waals surface area (Å²) in [4.78, 5) is 27.7. The van der Waals surface area contributed by atoms with Gasteiger partial charge < -0.3 is 10.2 Å². The number of nitrogens with zero attached hydrogens (tertiary/aromatic N) is 3. The molecule has 0 spiro atoms. The van der Waals surface area contributed by atoms with Crippen LogP contribution in [0.4, 0.5) is 5.82 Å². The summed E-state index contributed by atoms with van der Waals surface area (Å²) in [5.41, 5.74) is 2.21. The maximum atomic E-state index is 13.1. The van der Waals surface area contributed by atoms with Crippen LogP contribution < -0.4 is 5.32 Å². The Hall–Kier alpha value is -2.63. The highest BCUT2D eigenvalue weighted by Gasteiger charge is 2.49. The third-order valence-corrected chi connectivity index (χ3v) is 6.10. The maximum Gasteiger partial charge on any atom is 0.251 e. The van der Waals surface area contributed by atoms with Crippen LogP contribution in [-0.2, 0) is 28.5 Å². The van der Waals surface area contributed by atoms with Crippen LogP contribution in [0.2, 0.25) is 0 Å². The van der Waals surface area contributed by atoms with Crippen molar-refractivity contribution in [1.29, 1.82) is 0 Å². The van der Waals surface area contributed by atoms with Crippen molar-refractivity contribution >= 4 is 17.6 Å². The second-order valence-electron chi connectivity index (χ2n) is 9.88. The predicted octanol–water partition coefficient (Wildman–Crippen LogP) is 4.01. The van der Waals surface area contributed by atoms with Crippen molar-refractivity contribution in [3.05, 3.63) is 47.2 Å². The number of likely N-dealkylation sites (tertiary alicyclic amines) is 1. The molecular weight excluding hydrogens is 376 g/mol. The molecule has 0 aliphatic carbocycles. The van der Waals surface area contributed by atoms with Gasteiger partial charge in [0.15, 0.2) is 0 Å². The van der Waals surface area contributed by atoms with Crippen LogP contribution in [0.5, 0.6) is 0 Å². The van der Waals surface area contributed by atoms with Crippen LogP contribution in [0, 0.1) is 0 Å². The third-order valence-electron chi connectivity index (χ3n) is 6.10. The van der Waals surface area contributed by atoms with Gasteiger partial charge in [0.25, 0.3) is 5.91 Å². The van der Waals surface area contributed by atoms with E-state index in [4.69, 9.17) is 0 Å². The van der Waals surface area contributed by atoms with Crippen molar-refractivity contribution in [2.24, 2.45) is 7.05 Å². The first-order valence-electron chi connectivity index (χ1n) is 10.7. The van der Waals surface area contributed by atoms with Gasteiger partial charge in [-0.2, -0.15) is 5.10 Å². The van der Waals surface area contributed by atoms with Crippen LogP contribution in [0.15, 0.2) is 30.3 Å². The molecule has 2 amide bonds. The van der Waals surface area contributed by atoms with E-state index in [0.717, 1.165) is 11.3 Å².